The molecule has 0 saturated heterocycles. The molecule has 1 N–H and O–H groups in total. The third-order valence-corrected chi connectivity index (χ3v) is 3.18. The number of carboxylic acids is 1. The van der Waals surface area contributed by atoms with Crippen LogP contribution < -0.4 is 4.74 Å². The second-order valence-corrected chi connectivity index (χ2v) is 5.91. The molecular weight excluding hydrogens is 268 g/mol. The fourth-order valence-electron chi connectivity index (χ4n) is 1.27. The van der Waals surface area contributed by atoms with Crippen LogP contribution in [0.2, 0.25) is 0 Å². The molecule has 0 aliphatic carbocycles. The number of carbonyl (C=O) groups is 1. The summed E-state index contributed by atoms with van der Waals surface area (Å²) in [4.78, 5) is 15.2. The second-order valence-electron chi connectivity index (χ2n) is 5.00. The monoisotopic (exact) mass is 282 g/mol. The number of thiophene rings is 1. The topological polar surface area (TPSA) is 85.5 Å². The summed E-state index contributed by atoms with van der Waals surface area (Å²) in [5.74, 6) is 0.501. The van der Waals surface area contributed by atoms with Gasteiger partial charge in [0, 0.05) is 16.9 Å². The first-order chi connectivity index (χ1) is 8.86. The first kappa shape index (κ1) is 13.5. The third kappa shape index (κ3) is 3.31. The summed E-state index contributed by atoms with van der Waals surface area (Å²) >= 11 is 1.11. The minimum absolute atomic E-state index is 0.124. The van der Waals surface area contributed by atoms with E-state index in [1.807, 2.05) is 20.8 Å². The van der Waals surface area contributed by atoms with Gasteiger partial charge in [0.25, 0.3) is 5.89 Å². The van der Waals surface area contributed by atoms with Crippen LogP contribution in [-0.4, -0.2) is 21.2 Å². The van der Waals surface area contributed by atoms with Gasteiger partial charge >= 0.3 is 5.97 Å². The molecule has 0 bridgehead atoms. The first-order valence-corrected chi connectivity index (χ1v) is 6.52. The lowest BCUT2D eigenvalue weighted by Gasteiger charge is -2.10. The molecule has 0 fully saturated rings. The summed E-state index contributed by atoms with van der Waals surface area (Å²) in [7, 11) is 0. The molecule has 2 rings (SSSR count). The molecule has 0 aliphatic heterocycles. The van der Waals surface area contributed by atoms with Gasteiger partial charge in [-0.15, -0.1) is 11.3 Å². The Labute approximate surface area is 114 Å². The molecule has 0 radical (unpaired) electrons. The smallest absolute Gasteiger partial charge is 0.346 e. The van der Waals surface area contributed by atoms with Crippen LogP contribution in [-0.2, 0) is 12.0 Å². The Kier molecular flexibility index (Phi) is 3.57. The van der Waals surface area contributed by atoms with Crippen molar-refractivity contribution < 1.29 is 19.2 Å². The van der Waals surface area contributed by atoms with Gasteiger partial charge in [-0.1, -0.05) is 25.9 Å². The summed E-state index contributed by atoms with van der Waals surface area (Å²) in [6.45, 7) is 6.08. The quantitative estimate of drug-likeness (QED) is 0.928. The van der Waals surface area contributed by atoms with Gasteiger partial charge in [0.1, 0.15) is 10.6 Å². The van der Waals surface area contributed by atoms with Crippen LogP contribution in [0.25, 0.3) is 0 Å². The van der Waals surface area contributed by atoms with Crippen molar-refractivity contribution in [3.05, 3.63) is 28.0 Å². The van der Waals surface area contributed by atoms with E-state index in [-0.39, 0.29) is 16.9 Å². The van der Waals surface area contributed by atoms with Gasteiger partial charge in [0.05, 0.1) is 0 Å². The van der Waals surface area contributed by atoms with E-state index in [2.05, 4.69) is 10.1 Å². The van der Waals surface area contributed by atoms with Crippen molar-refractivity contribution in [2.24, 2.45) is 0 Å². The molecule has 0 atom stereocenters. The SMILES string of the molecule is CC(C)(C)c1noc(COc2csc(C(=O)O)c2)n1. The molecule has 0 saturated carbocycles. The maximum atomic E-state index is 10.7. The molecule has 0 aromatic carbocycles. The zero-order valence-corrected chi connectivity index (χ0v) is 11.7. The largest absolute Gasteiger partial charge is 0.483 e. The van der Waals surface area contributed by atoms with Gasteiger partial charge < -0.3 is 14.4 Å². The van der Waals surface area contributed by atoms with E-state index in [1.54, 1.807) is 5.38 Å². The maximum absolute atomic E-state index is 10.7. The van der Waals surface area contributed by atoms with E-state index in [1.165, 1.54) is 6.07 Å². The van der Waals surface area contributed by atoms with Crippen LogP contribution in [0, 0.1) is 0 Å². The highest BCUT2D eigenvalue weighted by molar-refractivity contribution is 7.12. The summed E-state index contributed by atoms with van der Waals surface area (Å²) in [6.07, 6.45) is 0. The number of ether oxygens (including phenoxy) is 1. The van der Waals surface area contributed by atoms with Crippen molar-refractivity contribution in [3.8, 4) is 5.75 Å². The Morgan fingerprint density at radius 2 is 2.26 bits per heavy atom. The van der Waals surface area contributed by atoms with Crippen molar-refractivity contribution in [2.45, 2.75) is 32.8 Å². The fourth-order valence-corrected chi connectivity index (χ4v) is 1.93. The molecule has 2 aromatic rings. The summed E-state index contributed by atoms with van der Waals surface area (Å²) < 4.78 is 10.5. The lowest BCUT2D eigenvalue weighted by molar-refractivity contribution is 0.0702. The molecule has 6 nitrogen and oxygen atoms in total. The van der Waals surface area contributed by atoms with Crippen LogP contribution in [0.4, 0.5) is 0 Å². The van der Waals surface area contributed by atoms with Crippen LogP contribution in [0.5, 0.6) is 5.75 Å². The van der Waals surface area contributed by atoms with Gasteiger partial charge in [-0.05, 0) is 0 Å². The average molecular weight is 282 g/mol. The number of aromatic carboxylic acids is 1. The number of carboxylic acid groups (broad SMARTS) is 1. The summed E-state index contributed by atoms with van der Waals surface area (Å²) in [5.41, 5.74) is -0.180. The Balaban J connectivity index is 1.98. The van der Waals surface area contributed by atoms with Crippen molar-refractivity contribution in [2.75, 3.05) is 0 Å². The van der Waals surface area contributed by atoms with Crippen LogP contribution >= 0.6 is 11.3 Å². The Bertz CT molecular complexity index is 583. The van der Waals surface area contributed by atoms with Crippen molar-refractivity contribution in [1.29, 1.82) is 0 Å². The standard InChI is InChI=1S/C12H14N2O4S/c1-12(2,3)11-13-9(18-14-11)5-17-7-4-8(10(15)16)19-6-7/h4,6H,5H2,1-3H3,(H,15,16). The first-order valence-electron chi connectivity index (χ1n) is 5.64. The minimum Gasteiger partial charge on any atom is -0.483 e. The van der Waals surface area contributed by atoms with Gasteiger partial charge in [0.2, 0.25) is 0 Å². The number of hydrogen-bond donors (Lipinski definition) is 1. The molecule has 0 amide bonds. The molecule has 102 valence electrons. The van der Waals surface area contributed by atoms with E-state index in [9.17, 15) is 4.79 Å². The van der Waals surface area contributed by atoms with Crippen LogP contribution in [0.1, 0.15) is 42.2 Å². The number of rotatable bonds is 4. The summed E-state index contributed by atoms with van der Waals surface area (Å²) in [5, 5.41) is 14.3. The highest BCUT2D eigenvalue weighted by atomic mass is 32.1. The molecular formula is C12H14N2O4S. The normalized spacial score (nSPS) is 11.5. The molecule has 0 aliphatic rings. The minimum atomic E-state index is -0.965. The average Bonchev–Trinajstić information content (AvgIpc) is 2.95. The molecule has 2 aromatic heterocycles. The molecule has 2 heterocycles. The van der Waals surface area contributed by atoms with E-state index < -0.39 is 5.97 Å². The van der Waals surface area contributed by atoms with Crippen molar-refractivity contribution >= 4 is 17.3 Å². The predicted molar refractivity (Wildman–Crippen MR) is 68.6 cm³/mol. The van der Waals surface area contributed by atoms with Gasteiger partial charge in [-0.3, -0.25) is 0 Å². The van der Waals surface area contributed by atoms with Gasteiger partial charge in [-0.25, -0.2) is 4.79 Å². The number of nitrogens with zero attached hydrogens (tertiary/aromatic N) is 2. The van der Waals surface area contributed by atoms with Crippen molar-refractivity contribution in [1.82, 2.24) is 10.1 Å². The lowest BCUT2D eigenvalue weighted by atomic mass is 9.96. The van der Waals surface area contributed by atoms with Crippen molar-refractivity contribution in [3.63, 3.8) is 0 Å². The zero-order valence-electron chi connectivity index (χ0n) is 10.8. The Morgan fingerprint density at radius 1 is 1.53 bits per heavy atom. The maximum Gasteiger partial charge on any atom is 0.346 e. The third-order valence-electron chi connectivity index (χ3n) is 2.29. The van der Waals surface area contributed by atoms with E-state index in [0.717, 1.165) is 11.3 Å². The lowest BCUT2D eigenvalue weighted by Crippen LogP contribution is -2.13. The fraction of sp³-hybridized carbons (Fsp3) is 0.417. The number of hydrogen-bond acceptors (Lipinski definition) is 6. The highest BCUT2D eigenvalue weighted by Crippen LogP contribution is 2.23. The Hall–Kier alpha value is -1.89. The molecule has 19 heavy (non-hydrogen) atoms. The van der Waals surface area contributed by atoms with E-state index in [4.69, 9.17) is 14.4 Å². The molecule has 7 heteroatoms. The van der Waals surface area contributed by atoms with Crippen LogP contribution in [0.3, 0.4) is 0 Å². The molecule has 0 spiro atoms. The van der Waals surface area contributed by atoms with E-state index >= 15 is 0 Å². The van der Waals surface area contributed by atoms with Gasteiger partial charge in [-0.2, -0.15) is 4.98 Å². The Morgan fingerprint density at radius 3 is 2.79 bits per heavy atom. The molecule has 0 unspecified atom stereocenters. The zero-order chi connectivity index (χ0) is 14.0. The highest BCUT2D eigenvalue weighted by Gasteiger charge is 2.21. The predicted octanol–water partition coefficient (Wildman–Crippen LogP) is 2.71. The number of aromatic nitrogens is 2. The summed E-state index contributed by atoms with van der Waals surface area (Å²) in [6, 6.07) is 1.47. The second kappa shape index (κ2) is 5.00. The van der Waals surface area contributed by atoms with Crippen LogP contribution in [0.15, 0.2) is 16.0 Å². The van der Waals surface area contributed by atoms with E-state index in [0.29, 0.717) is 17.5 Å². The van der Waals surface area contributed by atoms with Gasteiger partial charge in [0.15, 0.2) is 12.4 Å².